The fourth-order valence-corrected chi connectivity index (χ4v) is 7.57. The predicted molar refractivity (Wildman–Crippen MR) is 159 cm³/mol. The van der Waals surface area contributed by atoms with E-state index in [1.807, 2.05) is 6.20 Å². The summed E-state index contributed by atoms with van der Waals surface area (Å²) in [5, 5.41) is 13.5. The lowest BCUT2D eigenvalue weighted by atomic mass is 9.72. The molecule has 1 aromatic carbocycles. The number of dihydropyridines is 2. The van der Waals surface area contributed by atoms with Gasteiger partial charge in [0.05, 0.1) is 6.17 Å². The first-order chi connectivity index (χ1) is 19.3. The zero-order chi connectivity index (χ0) is 25.8. The van der Waals surface area contributed by atoms with Crippen LogP contribution >= 0.6 is 0 Å². The molecule has 3 N–H and O–H groups in total. The molecule has 0 aromatic heterocycles. The molecule has 5 unspecified atom stereocenters. The third-order valence-electron chi connectivity index (χ3n) is 9.32. The Morgan fingerprint density at radius 2 is 1.85 bits per heavy atom. The Labute approximate surface area is 230 Å². The minimum Gasteiger partial charge on any atom is -0.387 e. The first-order valence-corrected chi connectivity index (χ1v) is 14.4. The first kappa shape index (κ1) is 22.9. The Balaban J connectivity index is 1.18. The molecule has 4 heteroatoms. The molecule has 4 aliphatic heterocycles. The van der Waals surface area contributed by atoms with E-state index in [2.05, 4.69) is 124 Å². The van der Waals surface area contributed by atoms with Gasteiger partial charge in [0, 0.05) is 54.1 Å². The van der Waals surface area contributed by atoms with Gasteiger partial charge in [-0.05, 0) is 58.7 Å². The van der Waals surface area contributed by atoms with E-state index in [4.69, 9.17) is 0 Å². The second kappa shape index (κ2) is 9.32. The molecule has 1 saturated heterocycles. The Bertz CT molecular complexity index is 1620. The lowest BCUT2D eigenvalue weighted by Gasteiger charge is -2.38. The summed E-state index contributed by atoms with van der Waals surface area (Å²) >= 11 is 0. The molecule has 0 radical (unpaired) electrons. The van der Waals surface area contributed by atoms with Crippen molar-refractivity contribution in [3.05, 3.63) is 142 Å². The highest BCUT2D eigenvalue weighted by Gasteiger charge is 2.51. The van der Waals surface area contributed by atoms with Crippen LogP contribution in [0.3, 0.4) is 0 Å². The van der Waals surface area contributed by atoms with Crippen molar-refractivity contribution in [1.29, 1.82) is 0 Å². The number of nitrogens with one attached hydrogen (secondary N) is 3. The summed E-state index contributed by atoms with van der Waals surface area (Å²) in [7, 11) is 0. The third kappa shape index (κ3) is 3.77. The van der Waals surface area contributed by atoms with Gasteiger partial charge in [0.2, 0.25) is 0 Å². The molecule has 1 fully saturated rings. The van der Waals surface area contributed by atoms with Crippen LogP contribution in [-0.2, 0) is 0 Å². The average molecular weight is 511 g/mol. The van der Waals surface area contributed by atoms with E-state index in [0.29, 0.717) is 23.9 Å². The van der Waals surface area contributed by atoms with E-state index >= 15 is 0 Å². The van der Waals surface area contributed by atoms with Crippen LogP contribution in [0.2, 0.25) is 0 Å². The van der Waals surface area contributed by atoms with Crippen LogP contribution in [0, 0.1) is 11.8 Å². The summed E-state index contributed by atoms with van der Waals surface area (Å²) in [6.45, 7) is 1.75. The summed E-state index contributed by atoms with van der Waals surface area (Å²) in [6.07, 6.45) is 34.9. The number of rotatable bonds is 3. The van der Waals surface area contributed by atoms with Gasteiger partial charge in [0.25, 0.3) is 0 Å². The van der Waals surface area contributed by atoms with Gasteiger partial charge in [-0.15, -0.1) is 0 Å². The maximum absolute atomic E-state index is 3.78. The van der Waals surface area contributed by atoms with Gasteiger partial charge in [0.15, 0.2) is 0 Å². The normalized spacial score (nSPS) is 31.9. The van der Waals surface area contributed by atoms with Gasteiger partial charge >= 0.3 is 0 Å². The Hall–Kier alpha value is -4.02. The van der Waals surface area contributed by atoms with Crippen molar-refractivity contribution in [2.45, 2.75) is 31.1 Å². The summed E-state index contributed by atoms with van der Waals surface area (Å²) < 4.78 is 0. The molecule has 194 valence electrons. The van der Waals surface area contributed by atoms with E-state index in [-0.39, 0.29) is 6.17 Å². The molecule has 0 bridgehead atoms. The van der Waals surface area contributed by atoms with Gasteiger partial charge in [-0.3, -0.25) is 4.90 Å². The zero-order valence-electron chi connectivity index (χ0n) is 22.1. The van der Waals surface area contributed by atoms with Gasteiger partial charge in [-0.1, -0.05) is 90.6 Å². The number of benzene rings is 1. The molecule has 39 heavy (non-hydrogen) atoms. The van der Waals surface area contributed by atoms with E-state index < -0.39 is 0 Å². The molecule has 0 saturated carbocycles. The minimum absolute atomic E-state index is 0.158. The summed E-state index contributed by atoms with van der Waals surface area (Å²) in [5.74, 6) is 0.918. The third-order valence-corrected chi connectivity index (χ3v) is 9.32. The van der Waals surface area contributed by atoms with Crippen LogP contribution in [0.25, 0.3) is 11.8 Å². The largest absolute Gasteiger partial charge is 0.387 e. The fourth-order valence-electron chi connectivity index (χ4n) is 7.57. The van der Waals surface area contributed by atoms with Gasteiger partial charge in [-0.25, -0.2) is 0 Å². The summed E-state index contributed by atoms with van der Waals surface area (Å²) in [5.41, 5.74) is 8.26. The Morgan fingerprint density at radius 1 is 0.923 bits per heavy atom. The van der Waals surface area contributed by atoms with Crippen LogP contribution in [0.15, 0.2) is 131 Å². The molecule has 8 rings (SSSR count). The summed E-state index contributed by atoms with van der Waals surface area (Å²) in [6, 6.07) is 9.48. The highest BCUT2D eigenvalue weighted by molar-refractivity contribution is 5.70. The van der Waals surface area contributed by atoms with Crippen LogP contribution in [0.4, 0.5) is 0 Å². The number of likely N-dealkylation sites (tertiary alicyclic amines) is 1. The van der Waals surface area contributed by atoms with E-state index in [0.717, 1.165) is 19.5 Å². The molecule has 3 aliphatic carbocycles. The smallest absolute Gasteiger partial charge is 0.0995 e. The molecule has 4 heterocycles. The number of hydrogen-bond donors (Lipinski definition) is 3. The SMILES string of the molecule is C1=CNCC(C2=CNC(N3C4C=CC(C5=c6ccccc6=CCN5)=CC4C4C5=C(C=CCC5)C=CC43)C=C2)=C1. The summed E-state index contributed by atoms with van der Waals surface area (Å²) in [4.78, 5) is 2.72. The van der Waals surface area contributed by atoms with Gasteiger partial charge in [0.1, 0.15) is 0 Å². The first-order valence-electron chi connectivity index (χ1n) is 14.4. The maximum atomic E-state index is 3.78. The second-order valence-corrected chi connectivity index (χ2v) is 11.3. The monoisotopic (exact) mass is 510 g/mol. The molecule has 7 aliphatic rings. The topological polar surface area (TPSA) is 39.3 Å². The van der Waals surface area contributed by atoms with Crippen molar-refractivity contribution < 1.29 is 0 Å². The average Bonchev–Trinajstić information content (AvgIpc) is 3.35. The Kier molecular flexibility index (Phi) is 5.48. The van der Waals surface area contributed by atoms with Crippen molar-refractivity contribution in [3.8, 4) is 0 Å². The molecule has 1 aromatic rings. The number of nitrogens with zero attached hydrogens (tertiary/aromatic N) is 1. The van der Waals surface area contributed by atoms with Crippen molar-refractivity contribution in [3.63, 3.8) is 0 Å². The highest BCUT2D eigenvalue weighted by Crippen LogP contribution is 2.50. The molecular weight excluding hydrogens is 476 g/mol. The lowest BCUT2D eigenvalue weighted by molar-refractivity contribution is 0.175. The minimum atomic E-state index is 0.158. The maximum Gasteiger partial charge on any atom is 0.0995 e. The van der Waals surface area contributed by atoms with E-state index in [1.165, 1.54) is 44.8 Å². The standard InChI is InChI=1S/C35H34N4/c1-3-9-28-23(6-1)11-15-32-34(28)30-20-25(35-29-10-4-2-7-24(29)17-19-37-35)12-14-31(30)39(32)33-16-13-27(22-38-33)26-8-5-18-36-21-26/h1-2,4-8,10-18,20,22,30-34,36-38H,3,9,19,21H2. The van der Waals surface area contributed by atoms with Gasteiger partial charge < -0.3 is 16.0 Å². The van der Waals surface area contributed by atoms with E-state index in [1.54, 1.807) is 5.57 Å². The predicted octanol–water partition coefficient (Wildman–Crippen LogP) is 3.59. The van der Waals surface area contributed by atoms with E-state index in [9.17, 15) is 0 Å². The fraction of sp³-hybridized carbons (Fsp3) is 0.257. The van der Waals surface area contributed by atoms with Crippen molar-refractivity contribution >= 4 is 11.8 Å². The van der Waals surface area contributed by atoms with Crippen molar-refractivity contribution in [1.82, 2.24) is 20.9 Å². The molecular formula is C35H34N4. The second-order valence-electron chi connectivity index (χ2n) is 11.3. The van der Waals surface area contributed by atoms with Crippen LogP contribution in [-0.4, -0.2) is 36.2 Å². The highest BCUT2D eigenvalue weighted by atomic mass is 15.3. The number of fused-ring (bicyclic) bond motifs is 5. The number of allylic oxidation sites excluding steroid dienone is 7. The molecule has 4 nitrogen and oxygen atoms in total. The molecule has 0 spiro atoms. The van der Waals surface area contributed by atoms with Crippen LogP contribution in [0.5, 0.6) is 0 Å². The van der Waals surface area contributed by atoms with Crippen molar-refractivity contribution in [2.24, 2.45) is 11.8 Å². The van der Waals surface area contributed by atoms with Crippen LogP contribution in [0.1, 0.15) is 12.8 Å². The zero-order valence-corrected chi connectivity index (χ0v) is 22.1. The molecule has 5 atom stereocenters. The number of hydrogen-bond acceptors (Lipinski definition) is 4. The Morgan fingerprint density at radius 3 is 2.74 bits per heavy atom. The lowest BCUT2D eigenvalue weighted by Crippen LogP contribution is -2.50. The quantitative estimate of drug-likeness (QED) is 0.581. The molecule has 0 amide bonds. The van der Waals surface area contributed by atoms with Gasteiger partial charge in [-0.2, -0.15) is 0 Å². The van der Waals surface area contributed by atoms with Crippen LogP contribution < -0.4 is 26.4 Å². The van der Waals surface area contributed by atoms with Crippen molar-refractivity contribution in [2.75, 3.05) is 13.1 Å².